The summed E-state index contributed by atoms with van der Waals surface area (Å²) in [5.74, 6) is -3.59. The third-order valence-corrected chi connectivity index (χ3v) is 4.98. The molecule has 0 heterocycles. The Kier molecular flexibility index (Phi) is 9.99. The SMILES string of the molecule is NC(Cc1ccc(O)cc1)C(=O)NCC(=O)NC(Cc1ccc(O)cc1)C(=O)NC(CO)C(=O)O. The zero-order chi connectivity index (χ0) is 26.0. The Morgan fingerprint density at radius 3 is 1.77 bits per heavy atom. The van der Waals surface area contributed by atoms with E-state index in [0.717, 1.165) is 0 Å². The van der Waals surface area contributed by atoms with Crippen LogP contribution in [-0.4, -0.2) is 75.4 Å². The lowest BCUT2D eigenvalue weighted by atomic mass is 10.0. The topological polar surface area (TPSA) is 211 Å². The van der Waals surface area contributed by atoms with Crippen molar-refractivity contribution in [1.29, 1.82) is 0 Å². The Morgan fingerprint density at radius 1 is 0.771 bits per heavy atom. The maximum Gasteiger partial charge on any atom is 0.328 e. The highest BCUT2D eigenvalue weighted by molar-refractivity contribution is 5.92. The van der Waals surface area contributed by atoms with E-state index in [-0.39, 0.29) is 24.3 Å². The Morgan fingerprint density at radius 2 is 1.29 bits per heavy atom. The number of hydrogen-bond donors (Lipinski definition) is 8. The number of nitrogens with one attached hydrogen (secondary N) is 3. The van der Waals surface area contributed by atoms with Crippen molar-refractivity contribution in [3.05, 3.63) is 59.7 Å². The number of carbonyl (C=O) groups excluding carboxylic acids is 3. The lowest BCUT2D eigenvalue weighted by Gasteiger charge is -2.21. The van der Waals surface area contributed by atoms with Crippen molar-refractivity contribution in [2.45, 2.75) is 31.0 Å². The first-order valence-electron chi connectivity index (χ1n) is 10.6. The summed E-state index contributed by atoms with van der Waals surface area (Å²) in [4.78, 5) is 48.4. The van der Waals surface area contributed by atoms with Crippen molar-refractivity contribution in [1.82, 2.24) is 16.0 Å². The second-order valence-corrected chi connectivity index (χ2v) is 7.77. The van der Waals surface area contributed by atoms with Gasteiger partial charge in [-0.1, -0.05) is 24.3 Å². The average Bonchev–Trinajstić information content (AvgIpc) is 2.82. The minimum atomic E-state index is -1.57. The molecule has 0 bridgehead atoms. The zero-order valence-electron chi connectivity index (χ0n) is 18.7. The van der Waals surface area contributed by atoms with Crippen molar-refractivity contribution >= 4 is 23.7 Å². The highest BCUT2D eigenvalue weighted by atomic mass is 16.4. The van der Waals surface area contributed by atoms with Crippen LogP contribution in [0.15, 0.2) is 48.5 Å². The van der Waals surface area contributed by atoms with Gasteiger partial charge in [0.1, 0.15) is 23.6 Å². The second-order valence-electron chi connectivity index (χ2n) is 7.77. The van der Waals surface area contributed by atoms with Gasteiger partial charge in [-0.05, 0) is 41.8 Å². The van der Waals surface area contributed by atoms with Gasteiger partial charge in [-0.15, -0.1) is 0 Å². The minimum absolute atomic E-state index is 0.00337. The molecule has 0 fully saturated rings. The molecule has 2 aromatic carbocycles. The molecule has 3 amide bonds. The van der Waals surface area contributed by atoms with E-state index in [1.807, 2.05) is 0 Å². The molecule has 9 N–H and O–H groups in total. The molecule has 3 atom stereocenters. The number of carboxylic acid groups (broad SMARTS) is 1. The Hall–Kier alpha value is -4.16. The number of benzene rings is 2. The first kappa shape index (κ1) is 27.1. The fraction of sp³-hybridized carbons (Fsp3) is 0.304. The molecule has 0 aliphatic rings. The van der Waals surface area contributed by atoms with Crippen LogP contribution in [0.3, 0.4) is 0 Å². The summed E-state index contributed by atoms with van der Waals surface area (Å²) < 4.78 is 0. The maximum absolute atomic E-state index is 12.6. The molecule has 0 aliphatic heterocycles. The van der Waals surface area contributed by atoms with Crippen molar-refractivity contribution < 1.29 is 39.6 Å². The number of phenols is 2. The molecule has 3 unspecified atom stereocenters. The van der Waals surface area contributed by atoms with E-state index < -0.39 is 55.0 Å². The highest BCUT2D eigenvalue weighted by Gasteiger charge is 2.27. The Labute approximate surface area is 200 Å². The molecule has 12 nitrogen and oxygen atoms in total. The van der Waals surface area contributed by atoms with Crippen LogP contribution in [0, 0.1) is 0 Å². The monoisotopic (exact) mass is 488 g/mol. The molecule has 188 valence electrons. The molecule has 0 saturated carbocycles. The summed E-state index contributed by atoms with van der Waals surface area (Å²) in [6.45, 7) is -1.35. The average molecular weight is 488 g/mol. The predicted octanol–water partition coefficient (Wildman–Crippen LogP) is -1.63. The molecule has 0 aromatic heterocycles. The van der Waals surface area contributed by atoms with Crippen LogP contribution >= 0.6 is 0 Å². The van der Waals surface area contributed by atoms with E-state index in [1.54, 1.807) is 12.1 Å². The normalized spacial score (nSPS) is 13.2. The number of aliphatic hydroxyl groups is 1. The molecular formula is C23H28N4O8. The lowest BCUT2D eigenvalue weighted by Crippen LogP contribution is -2.55. The lowest BCUT2D eigenvalue weighted by molar-refractivity contribution is -0.143. The van der Waals surface area contributed by atoms with Crippen LogP contribution < -0.4 is 21.7 Å². The number of rotatable bonds is 12. The van der Waals surface area contributed by atoms with Crippen LogP contribution in [0.1, 0.15) is 11.1 Å². The van der Waals surface area contributed by atoms with Gasteiger partial charge < -0.3 is 42.1 Å². The number of aromatic hydroxyl groups is 2. The summed E-state index contributed by atoms with van der Waals surface area (Å²) in [5.41, 5.74) is 7.13. The van der Waals surface area contributed by atoms with Crippen LogP contribution in [0.5, 0.6) is 11.5 Å². The molecule has 0 saturated heterocycles. The molecule has 0 radical (unpaired) electrons. The number of carboxylic acids is 1. The van der Waals surface area contributed by atoms with Gasteiger partial charge in [0.25, 0.3) is 0 Å². The number of phenolic OH excluding ortho intramolecular Hbond substituents is 2. The third-order valence-electron chi connectivity index (χ3n) is 4.98. The quantitative estimate of drug-likeness (QED) is 0.172. The van der Waals surface area contributed by atoms with Gasteiger partial charge in [-0.3, -0.25) is 14.4 Å². The molecule has 2 aromatic rings. The maximum atomic E-state index is 12.6. The van der Waals surface area contributed by atoms with Gasteiger partial charge in [-0.2, -0.15) is 0 Å². The van der Waals surface area contributed by atoms with Gasteiger partial charge in [-0.25, -0.2) is 4.79 Å². The minimum Gasteiger partial charge on any atom is -0.508 e. The van der Waals surface area contributed by atoms with E-state index in [9.17, 15) is 29.4 Å². The van der Waals surface area contributed by atoms with Crippen LogP contribution in [-0.2, 0) is 32.0 Å². The Bertz CT molecular complexity index is 1030. The molecular weight excluding hydrogens is 460 g/mol. The zero-order valence-corrected chi connectivity index (χ0v) is 18.7. The number of aliphatic carboxylic acids is 1. The number of carbonyl (C=O) groups is 4. The largest absolute Gasteiger partial charge is 0.508 e. The summed E-state index contributed by atoms with van der Waals surface area (Å²) in [6, 6.07) is 8.17. The first-order chi connectivity index (χ1) is 16.6. The molecule has 0 aliphatic carbocycles. The van der Waals surface area contributed by atoms with Gasteiger partial charge in [0.2, 0.25) is 17.7 Å². The van der Waals surface area contributed by atoms with Gasteiger partial charge in [0.05, 0.1) is 19.2 Å². The van der Waals surface area contributed by atoms with Crippen molar-refractivity contribution in [3.8, 4) is 11.5 Å². The van der Waals surface area contributed by atoms with E-state index in [0.29, 0.717) is 11.1 Å². The van der Waals surface area contributed by atoms with Crippen LogP contribution in [0.2, 0.25) is 0 Å². The number of aliphatic hydroxyl groups excluding tert-OH is 1. The van der Waals surface area contributed by atoms with Crippen LogP contribution in [0.25, 0.3) is 0 Å². The van der Waals surface area contributed by atoms with Crippen molar-refractivity contribution in [3.63, 3.8) is 0 Å². The third kappa shape index (κ3) is 8.95. The van der Waals surface area contributed by atoms with E-state index in [1.165, 1.54) is 36.4 Å². The summed E-state index contributed by atoms with van der Waals surface area (Å²) in [5, 5.41) is 43.9. The number of amides is 3. The molecule has 0 spiro atoms. The number of hydrogen-bond acceptors (Lipinski definition) is 8. The predicted molar refractivity (Wildman–Crippen MR) is 123 cm³/mol. The van der Waals surface area contributed by atoms with E-state index >= 15 is 0 Å². The van der Waals surface area contributed by atoms with Crippen LogP contribution in [0.4, 0.5) is 0 Å². The standard InChI is InChI=1S/C23H28N4O8/c24-17(9-13-1-5-15(29)6-2-13)21(32)25-11-20(31)26-18(10-14-3-7-16(30)8-4-14)22(33)27-19(12-28)23(34)35/h1-8,17-19,28-30H,9-12,24H2,(H,25,32)(H,26,31)(H,27,33)(H,34,35). The second kappa shape index (κ2) is 12.9. The molecule has 12 heteroatoms. The van der Waals surface area contributed by atoms with E-state index in [4.69, 9.17) is 15.9 Å². The summed E-state index contributed by atoms with van der Waals surface area (Å²) >= 11 is 0. The first-order valence-corrected chi connectivity index (χ1v) is 10.6. The Balaban J connectivity index is 1.98. The summed E-state index contributed by atoms with van der Waals surface area (Å²) in [6.07, 6.45) is 0.112. The van der Waals surface area contributed by atoms with Crippen molar-refractivity contribution in [2.75, 3.05) is 13.2 Å². The molecule has 35 heavy (non-hydrogen) atoms. The van der Waals surface area contributed by atoms with Gasteiger partial charge in [0, 0.05) is 6.42 Å². The fourth-order valence-corrected chi connectivity index (χ4v) is 3.06. The van der Waals surface area contributed by atoms with Gasteiger partial charge >= 0.3 is 5.97 Å². The number of nitrogens with two attached hydrogens (primary N) is 1. The molecule has 2 rings (SSSR count). The van der Waals surface area contributed by atoms with Crippen molar-refractivity contribution in [2.24, 2.45) is 5.73 Å². The van der Waals surface area contributed by atoms with Gasteiger partial charge in [0.15, 0.2) is 0 Å². The summed E-state index contributed by atoms with van der Waals surface area (Å²) in [7, 11) is 0. The van der Waals surface area contributed by atoms with E-state index in [2.05, 4.69) is 16.0 Å². The fourth-order valence-electron chi connectivity index (χ4n) is 3.06. The smallest absolute Gasteiger partial charge is 0.328 e. The highest BCUT2D eigenvalue weighted by Crippen LogP contribution is 2.12.